The molecule has 9 heteroatoms. The summed E-state index contributed by atoms with van der Waals surface area (Å²) >= 11 is 0. The Morgan fingerprint density at radius 2 is 2.00 bits per heavy atom. The van der Waals surface area contributed by atoms with E-state index in [0.717, 1.165) is 5.56 Å². The highest BCUT2D eigenvalue weighted by atomic mass is 32.2. The molecule has 0 saturated carbocycles. The van der Waals surface area contributed by atoms with Crippen molar-refractivity contribution >= 4 is 16.0 Å². The first kappa shape index (κ1) is 18.9. The molecule has 0 spiro atoms. The van der Waals surface area contributed by atoms with Gasteiger partial charge in [-0.2, -0.15) is 0 Å². The quantitative estimate of drug-likeness (QED) is 0.649. The van der Waals surface area contributed by atoms with Crippen molar-refractivity contribution in [3.05, 3.63) is 59.7 Å². The van der Waals surface area contributed by atoms with Gasteiger partial charge in [0.1, 0.15) is 28.7 Å². The van der Waals surface area contributed by atoms with E-state index < -0.39 is 16.0 Å². The number of aryl methyl sites for hydroxylation is 2. The van der Waals surface area contributed by atoms with Crippen molar-refractivity contribution < 1.29 is 22.4 Å². The molecule has 0 fully saturated rings. The van der Waals surface area contributed by atoms with E-state index >= 15 is 0 Å². The van der Waals surface area contributed by atoms with E-state index in [9.17, 15) is 13.2 Å². The molecule has 2 aromatic heterocycles. The number of rotatable bonds is 6. The summed E-state index contributed by atoms with van der Waals surface area (Å²) in [5.41, 5.74) is 1.44. The van der Waals surface area contributed by atoms with Crippen molar-refractivity contribution in [2.24, 2.45) is 7.05 Å². The first-order valence-corrected chi connectivity index (χ1v) is 9.59. The second kappa shape index (κ2) is 7.37. The first-order valence-electron chi connectivity index (χ1n) is 8.10. The zero-order valence-corrected chi connectivity index (χ0v) is 15.9. The van der Waals surface area contributed by atoms with Gasteiger partial charge < -0.3 is 13.7 Å². The normalized spacial score (nSPS) is 11.5. The van der Waals surface area contributed by atoms with Crippen LogP contribution in [0.25, 0.3) is 11.5 Å². The van der Waals surface area contributed by atoms with Gasteiger partial charge in [-0.25, -0.2) is 22.9 Å². The molecule has 3 rings (SSSR count). The van der Waals surface area contributed by atoms with Crippen molar-refractivity contribution in [3.63, 3.8) is 0 Å². The van der Waals surface area contributed by atoms with Crippen LogP contribution in [0.4, 0.5) is 0 Å². The van der Waals surface area contributed by atoms with Gasteiger partial charge in [0.25, 0.3) is 0 Å². The third-order valence-electron chi connectivity index (χ3n) is 4.02. The highest BCUT2D eigenvalue weighted by Crippen LogP contribution is 2.22. The number of nitrogens with zero attached hydrogens (tertiary/aromatic N) is 2. The number of aromatic nitrogens is 2. The minimum absolute atomic E-state index is 0.0107. The van der Waals surface area contributed by atoms with Gasteiger partial charge in [-0.3, -0.25) is 0 Å². The van der Waals surface area contributed by atoms with Gasteiger partial charge in [-0.05, 0) is 32.2 Å². The van der Waals surface area contributed by atoms with Crippen molar-refractivity contribution in [2.45, 2.75) is 18.4 Å². The molecule has 0 aliphatic rings. The topological polar surface area (TPSA) is 103 Å². The fourth-order valence-corrected chi connectivity index (χ4v) is 3.28. The Morgan fingerprint density at radius 1 is 1.30 bits per heavy atom. The van der Waals surface area contributed by atoms with Crippen LogP contribution < -0.4 is 4.72 Å². The number of sulfonamides is 1. The molecule has 0 aliphatic carbocycles. The molecule has 0 atom stereocenters. The van der Waals surface area contributed by atoms with Gasteiger partial charge in [0.15, 0.2) is 0 Å². The molecule has 142 valence electrons. The van der Waals surface area contributed by atoms with Crippen LogP contribution >= 0.6 is 0 Å². The number of esters is 1. The van der Waals surface area contributed by atoms with E-state index in [1.54, 1.807) is 14.0 Å². The van der Waals surface area contributed by atoms with Crippen molar-refractivity contribution in [1.82, 2.24) is 14.3 Å². The molecule has 0 saturated heterocycles. The van der Waals surface area contributed by atoms with Crippen LogP contribution in [0.1, 0.15) is 21.9 Å². The summed E-state index contributed by atoms with van der Waals surface area (Å²) in [5, 5.41) is 0. The smallest absolute Gasteiger partial charge is 0.355 e. The Kier molecular flexibility index (Phi) is 5.15. The van der Waals surface area contributed by atoms with Crippen molar-refractivity contribution in [1.29, 1.82) is 0 Å². The molecule has 3 aromatic rings. The predicted molar refractivity (Wildman–Crippen MR) is 97.5 cm³/mol. The Labute approximate surface area is 156 Å². The highest BCUT2D eigenvalue weighted by molar-refractivity contribution is 7.89. The lowest BCUT2D eigenvalue weighted by Gasteiger charge is -2.03. The van der Waals surface area contributed by atoms with Crippen LogP contribution in [0.3, 0.4) is 0 Å². The number of ether oxygens (including phenoxy) is 1. The zero-order chi connectivity index (χ0) is 19.6. The average Bonchev–Trinajstić information content (AvgIpc) is 3.24. The lowest BCUT2D eigenvalue weighted by molar-refractivity contribution is 0.0455. The van der Waals surface area contributed by atoms with E-state index in [2.05, 4.69) is 9.71 Å². The minimum Gasteiger partial charge on any atom is -0.454 e. The van der Waals surface area contributed by atoms with Gasteiger partial charge in [-0.1, -0.05) is 18.2 Å². The summed E-state index contributed by atoms with van der Waals surface area (Å²) in [6, 6.07) is 10.6. The Hall–Kier alpha value is -2.91. The summed E-state index contributed by atoms with van der Waals surface area (Å²) in [7, 11) is -0.767. The van der Waals surface area contributed by atoms with Crippen LogP contribution in [-0.2, 0) is 28.4 Å². The van der Waals surface area contributed by atoms with Crippen LogP contribution in [0.2, 0.25) is 0 Å². The molecule has 0 amide bonds. The molecular weight excluding hydrogens is 370 g/mol. The first-order chi connectivity index (χ1) is 12.8. The maximum absolute atomic E-state index is 12.3. The highest BCUT2D eigenvalue weighted by Gasteiger charge is 2.21. The molecule has 1 aromatic carbocycles. The predicted octanol–water partition coefficient (Wildman–Crippen LogP) is 2.25. The van der Waals surface area contributed by atoms with E-state index in [0.29, 0.717) is 17.3 Å². The number of benzene rings is 1. The molecule has 27 heavy (non-hydrogen) atoms. The lowest BCUT2D eigenvalue weighted by Crippen LogP contribution is -2.17. The van der Waals surface area contributed by atoms with Gasteiger partial charge in [-0.15, -0.1) is 0 Å². The summed E-state index contributed by atoms with van der Waals surface area (Å²) in [4.78, 5) is 16.7. The zero-order valence-electron chi connectivity index (χ0n) is 15.1. The summed E-state index contributed by atoms with van der Waals surface area (Å²) in [5.74, 6) is 0.339. The third kappa shape index (κ3) is 3.93. The number of oxazole rings is 1. The monoisotopic (exact) mass is 389 g/mol. The summed E-state index contributed by atoms with van der Waals surface area (Å²) < 4.78 is 38.2. The van der Waals surface area contributed by atoms with Gasteiger partial charge in [0.05, 0.1) is 0 Å². The Morgan fingerprint density at radius 3 is 2.67 bits per heavy atom. The van der Waals surface area contributed by atoms with E-state index in [4.69, 9.17) is 9.15 Å². The second-order valence-electron chi connectivity index (χ2n) is 5.84. The van der Waals surface area contributed by atoms with E-state index in [1.165, 1.54) is 23.9 Å². The molecule has 0 radical (unpaired) electrons. The van der Waals surface area contributed by atoms with Crippen LogP contribution in [-0.4, -0.2) is 31.0 Å². The lowest BCUT2D eigenvalue weighted by atomic mass is 10.2. The maximum Gasteiger partial charge on any atom is 0.355 e. The number of hydrogen-bond donors (Lipinski definition) is 1. The van der Waals surface area contributed by atoms with E-state index in [1.807, 2.05) is 30.3 Å². The molecule has 1 N–H and O–H groups in total. The Bertz CT molecular complexity index is 1070. The molecular formula is C18H19N3O5S. The molecule has 0 bridgehead atoms. The second-order valence-corrected chi connectivity index (χ2v) is 7.73. The number of nitrogens with one attached hydrogen (secondary N) is 1. The molecule has 8 nitrogen and oxygen atoms in total. The fourth-order valence-electron chi connectivity index (χ4n) is 2.48. The molecule has 2 heterocycles. The van der Waals surface area contributed by atoms with Crippen LogP contribution in [0.5, 0.6) is 0 Å². The van der Waals surface area contributed by atoms with Crippen molar-refractivity contribution in [2.75, 3.05) is 7.05 Å². The largest absolute Gasteiger partial charge is 0.454 e. The Balaban J connectivity index is 1.74. The standard InChI is InChI=1S/C18H19N3O5S/c1-12-15(20-17(26-12)13-7-5-4-6-8-13)11-25-18(22)16-9-14(10-21(16)3)27(23,24)19-2/h4-10,19H,11H2,1-3H3. The minimum atomic E-state index is -3.64. The summed E-state index contributed by atoms with van der Waals surface area (Å²) in [6.07, 6.45) is 1.34. The summed E-state index contributed by atoms with van der Waals surface area (Å²) in [6.45, 7) is 1.66. The average molecular weight is 389 g/mol. The number of carbonyl (C=O) groups is 1. The number of carbonyl (C=O) groups excluding carboxylic acids is 1. The van der Waals surface area contributed by atoms with Crippen LogP contribution in [0, 0.1) is 6.92 Å². The third-order valence-corrected chi connectivity index (χ3v) is 5.40. The van der Waals surface area contributed by atoms with Gasteiger partial charge in [0.2, 0.25) is 15.9 Å². The number of hydrogen-bond acceptors (Lipinski definition) is 6. The fraction of sp³-hybridized carbons (Fsp3) is 0.222. The molecule has 0 unspecified atom stereocenters. The van der Waals surface area contributed by atoms with Crippen molar-refractivity contribution in [3.8, 4) is 11.5 Å². The molecule has 0 aliphatic heterocycles. The van der Waals surface area contributed by atoms with Gasteiger partial charge in [0, 0.05) is 18.8 Å². The van der Waals surface area contributed by atoms with Crippen LogP contribution in [0.15, 0.2) is 51.9 Å². The maximum atomic E-state index is 12.3. The van der Waals surface area contributed by atoms with Gasteiger partial charge >= 0.3 is 5.97 Å². The van der Waals surface area contributed by atoms with E-state index in [-0.39, 0.29) is 17.2 Å². The SMILES string of the molecule is CNS(=O)(=O)c1cc(C(=O)OCc2nc(-c3ccccc3)oc2C)n(C)c1.